The highest BCUT2D eigenvalue weighted by Gasteiger charge is 2.28. The zero-order valence-corrected chi connectivity index (χ0v) is 12.2. The number of carbonyl (C=O) groups excluding carboxylic acids is 2. The molecule has 0 unspecified atom stereocenters. The fourth-order valence-electron chi connectivity index (χ4n) is 2.17. The topological polar surface area (TPSA) is 92.3 Å². The average molecular weight is 316 g/mol. The molecule has 22 heavy (non-hydrogen) atoms. The van der Waals surface area contributed by atoms with Crippen molar-refractivity contribution in [2.75, 3.05) is 0 Å². The molecule has 0 atom stereocenters. The van der Waals surface area contributed by atoms with E-state index in [0.717, 1.165) is 5.56 Å². The van der Waals surface area contributed by atoms with E-state index in [1.54, 1.807) is 12.1 Å². The number of fused-ring (bicyclic) bond motifs is 1. The van der Waals surface area contributed by atoms with Gasteiger partial charge in [-0.25, -0.2) is 13.1 Å². The summed E-state index contributed by atoms with van der Waals surface area (Å²) in [6, 6.07) is 12.9. The third-order valence-corrected chi connectivity index (χ3v) is 4.73. The molecule has 112 valence electrons. The summed E-state index contributed by atoms with van der Waals surface area (Å²) in [5.41, 5.74) is 1.08. The number of sulfonamides is 1. The van der Waals surface area contributed by atoms with Crippen LogP contribution in [0.4, 0.5) is 0 Å². The van der Waals surface area contributed by atoms with Gasteiger partial charge in [0.05, 0.1) is 16.0 Å². The zero-order chi connectivity index (χ0) is 15.7. The van der Waals surface area contributed by atoms with Gasteiger partial charge in [-0.2, -0.15) is 0 Å². The van der Waals surface area contributed by atoms with Crippen molar-refractivity contribution in [1.82, 2.24) is 10.0 Å². The van der Waals surface area contributed by atoms with Gasteiger partial charge in [-0.05, 0) is 23.8 Å². The average Bonchev–Trinajstić information content (AvgIpc) is 2.81. The second kappa shape index (κ2) is 5.36. The molecule has 1 heterocycles. The predicted octanol–water partition coefficient (Wildman–Crippen LogP) is 1.05. The maximum absolute atomic E-state index is 12.3. The lowest BCUT2D eigenvalue weighted by molar-refractivity contribution is 0.0879. The minimum absolute atomic E-state index is 0.0490. The number of hydrogen-bond donors (Lipinski definition) is 2. The first-order valence-corrected chi connectivity index (χ1v) is 7.99. The summed E-state index contributed by atoms with van der Waals surface area (Å²) in [4.78, 5) is 23.0. The molecule has 0 aromatic heterocycles. The number of rotatable bonds is 4. The minimum Gasteiger partial charge on any atom is -0.288 e. The number of amides is 2. The highest BCUT2D eigenvalue weighted by atomic mass is 32.2. The van der Waals surface area contributed by atoms with Crippen LogP contribution in [-0.4, -0.2) is 20.2 Å². The molecule has 1 aliphatic rings. The van der Waals surface area contributed by atoms with Crippen molar-refractivity contribution >= 4 is 21.8 Å². The van der Waals surface area contributed by atoms with Crippen LogP contribution in [-0.2, 0) is 16.6 Å². The molecule has 2 aromatic rings. The van der Waals surface area contributed by atoms with E-state index in [4.69, 9.17) is 0 Å². The quantitative estimate of drug-likeness (QED) is 0.825. The molecular weight excluding hydrogens is 304 g/mol. The van der Waals surface area contributed by atoms with Crippen molar-refractivity contribution in [2.24, 2.45) is 0 Å². The van der Waals surface area contributed by atoms with Crippen LogP contribution in [0.5, 0.6) is 0 Å². The third-order valence-electron chi connectivity index (χ3n) is 3.33. The molecule has 3 rings (SSSR count). The fraction of sp³-hybridized carbons (Fsp3) is 0.0667. The zero-order valence-electron chi connectivity index (χ0n) is 11.4. The largest absolute Gasteiger partial charge is 0.288 e. The van der Waals surface area contributed by atoms with Gasteiger partial charge < -0.3 is 0 Å². The Balaban J connectivity index is 1.86. The van der Waals surface area contributed by atoms with Crippen molar-refractivity contribution in [1.29, 1.82) is 0 Å². The van der Waals surface area contributed by atoms with Gasteiger partial charge in [0.25, 0.3) is 11.8 Å². The Hall–Kier alpha value is -2.51. The third kappa shape index (κ3) is 2.63. The minimum atomic E-state index is -3.76. The summed E-state index contributed by atoms with van der Waals surface area (Å²) >= 11 is 0. The van der Waals surface area contributed by atoms with Gasteiger partial charge in [-0.3, -0.25) is 14.9 Å². The van der Waals surface area contributed by atoms with Gasteiger partial charge in [-0.15, -0.1) is 0 Å². The first kappa shape index (κ1) is 14.4. The molecule has 0 radical (unpaired) electrons. The summed E-state index contributed by atoms with van der Waals surface area (Å²) in [5.74, 6) is -1.10. The van der Waals surface area contributed by atoms with Crippen LogP contribution in [0.15, 0.2) is 53.4 Å². The van der Waals surface area contributed by atoms with Crippen LogP contribution in [0, 0.1) is 0 Å². The molecule has 2 aromatic carbocycles. The van der Waals surface area contributed by atoms with E-state index >= 15 is 0 Å². The number of carbonyl (C=O) groups is 2. The predicted molar refractivity (Wildman–Crippen MR) is 78.7 cm³/mol. The van der Waals surface area contributed by atoms with E-state index in [0.29, 0.717) is 0 Å². The molecule has 0 bridgehead atoms. The Morgan fingerprint density at radius 1 is 0.909 bits per heavy atom. The number of nitrogens with one attached hydrogen (secondary N) is 2. The smallest absolute Gasteiger partial charge is 0.258 e. The second-order valence-corrected chi connectivity index (χ2v) is 6.57. The molecule has 0 saturated heterocycles. The molecule has 0 aliphatic carbocycles. The van der Waals surface area contributed by atoms with Crippen LogP contribution in [0.3, 0.4) is 0 Å². The first-order chi connectivity index (χ1) is 10.5. The number of benzene rings is 2. The molecule has 0 fully saturated rings. The second-order valence-electron chi connectivity index (χ2n) is 4.80. The summed E-state index contributed by atoms with van der Waals surface area (Å²) in [7, 11) is -3.76. The maximum Gasteiger partial charge on any atom is 0.258 e. The van der Waals surface area contributed by atoms with Crippen LogP contribution in [0.2, 0.25) is 0 Å². The Kier molecular flexibility index (Phi) is 3.51. The summed E-state index contributed by atoms with van der Waals surface area (Å²) in [6.07, 6.45) is 0. The van der Waals surface area contributed by atoms with Crippen LogP contribution >= 0.6 is 0 Å². The van der Waals surface area contributed by atoms with E-state index in [9.17, 15) is 18.0 Å². The summed E-state index contributed by atoms with van der Waals surface area (Å²) in [5, 5.41) is 2.13. The number of hydrogen-bond acceptors (Lipinski definition) is 4. The van der Waals surface area contributed by atoms with Gasteiger partial charge >= 0.3 is 0 Å². The van der Waals surface area contributed by atoms with Gasteiger partial charge in [0.2, 0.25) is 10.0 Å². The lowest BCUT2D eigenvalue weighted by Gasteiger charge is -2.07. The molecule has 7 heteroatoms. The van der Waals surface area contributed by atoms with Crippen molar-refractivity contribution < 1.29 is 18.0 Å². The van der Waals surface area contributed by atoms with Crippen LogP contribution in [0.25, 0.3) is 0 Å². The highest BCUT2D eigenvalue weighted by Crippen LogP contribution is 2.20. The summed E-state index contributed by atoms with van der Waals surface area (Å²) in [6.45, 7) is 0.144. The Labute approximate surface area is 127 Å². The van der Waals surface area contributed by atoms with Gasteiger partial charge in [0, 0.05) is 6.54 Å². The van der Waals surface area contributed by atoms with Crippen molar-refractivity contribution in [3.8, 4) is 0 Å². The normalized spacial score (nSPS) is 13.8. The van der Waals surface area contributed by atoms with E-state index in [1.165, 1.54) is 18.2 Å². The molecular formula is C15H12N2O4S. The highest BCUT2D eigenvalue weighted by molar-refractivity contribution is 7.89. The summed E-state index contributed by atoms with van der Waals surface area (Å²) < 4.78 is 27.0. The molecule has 0 saturated carbocycles. The van der Waals surface area contributed by atoms with E-state index < -0.39 is 21.8 Å². The fourth-order valence-corrected chi connectivity index (χ4v) is 3.22. The first-order valence-electron chi connectivity index (χ1n) is 6.51. The standard InChI is InChI=1S/C15H12N2O4S/c18-14-12-7-6-11(8-13(12)15(19)17-14)22(20,21)16-9-10-4-2-1-3-5-10/h1-8,16H,9H2,(H,17,18,19). The van der Waals surface area contributed by atoms with Crippen molar-refractivity contribution in [3.63, 3.8) is 0 Å². The number of imide groups is 1. The lowest BCUT2D eigenvalue weighted by atomic mass is 10.1. The Morgan fingerprint density at radius 3 is 2.32 bits per heavy atom. The SMILES string of the molecule is O=C1NC(=O)c2cc(S(=O)(=O)NCc3ccccc3)ccc21. The Bertz CT molecular complexity index is 860. The van der Waals surface area contributed by atoms with E-state index in [1.807, 2.05) is 18.2 Å². The maximum atomic E-state index is 12.3. The monoisotopic (exact) mass is 316 g/mol. The molecule has 6 nitrogen and oxygen atoms in total. The molecule has 1 aliphatic heterocycles. The van der Waals surface area contributed by atoms with Crippen LogP contribution < -0.4 is 10.0 Å². The van der Waals surface area contributed by atoms with Gasteiger partial charge in [0.1, 0.15) is 0 Å². The van der Waals surface area contributed by atoms with Gasteiger partial charge in [-0.1, -0.05) is 30.3 Å². The Morgan fingerprint density at radius 2 is 1.59 bits per heavy atom. The molecule has 2 amide bonds. The van der Waals surface area contributed by atoms with Crippen molar-refractivity contribution in [2.45, 2.75) is 11.4 Å². The molecule has 0 spiro atoms. The van der Waals surface area contributed by atoms with Crippen molar-refractivity contribution in [3.05, 3.63) is 65.2 Å². The van der Waals surface area contributed by atoms with E-state index in [-0.39, 0.29) is 22.6 Å². The van der Waals surface area contributed by atoms with E-state index in [2.05, 4.69) is 10.0 Å². The van der Waals surface area contributed by atoms with Crippen LogP contribution in [0.1, 0.15) is 26.3 Å². The van der Waals surface area contributed by atoms with Gasteiger partial charge in [0.15, 0.2) is 0 Å². The lowest BCUT2D eigenvalue weighted by Crippen LogP contribution is -2.23. The molecule has 2 N–H and O–H groups in total.